The van der Waals surface area contributed by atoms with Gasteiger partial charge >= 0.3 is 0 Å². The van der Waals surface area contributed by atoms with E-state index >= 15 is 0 Å². The maximum absolute atomic E-state index is 6.03. The fourth-order valence-electron chi connectivity index (χ4n) is 2.23. The topological polar surface area (TPSA) is 39.7 Å². The van der Waals surface area contributed by atoms with Gasteiger partial charge in [0, 0.05) is 18.5 Å². The zero-order valence-electron chi connectivity index (χ0n) is 11.2. The molecule has 2 rings (SSSR count). The van der Waals surface area contributed by atoms with Crippen LogP contribution in [0.1, 0.15) is 13.3 Å². The molecule has 0 aliphatic carbocycles. The van der Waals surface area contributed by atoms with Crippen molar-refractivity contribution in [1.82, 2.24) is 5.32 Å². The van der Waals surface area contributed by atoms with Crippen molar-refractivity contribution in [2.45, 2.75) is 19.4 Å². The summed E-state index contributed by atoms with van der Waals surface area (Å²) in [7, 11) is 3.27. The SMILES string of the molecule is COc1ccc(OC2CCNCC2C)cc1OC. The molecule has 4 nitrogen and oxygen atoms in total. The summed E-state index contributed by atoms with van der Waals surface area (Å²) in [6, 6.07) is 5.68. The average Bonchev–Trinajstić information content (AvgIpc) is 2.41. The van der Waals surface area contributed by atoms with Gasteiger partial charge in [-0.25, -0.2) is 0 Å². The summed E-state index contributed by atoms with van der Waals surface area (Å²) in [4.78, 5) is 0. The molecule has 1 aromatic rings. The minimum Gasteiger partial charge on any atom is -0.493 e. The van der Waals surface area contributed by atoms with E-state index in [1.807, 2.05) is 18.2 Å². The van der Waals surface area contributed by atoms with Crippen molar-refractivity contribution < 1.29 is 14.2 Å². The van der Waals surface area contributed by atoms with Crippen molar-refractivity contribution in [3.05, 3.63) is 18.2 Å². The van der Waals surface area contributed by atoms with Crippen LogP contribution in [0.3, 0.4) is 0 Å². The second-order valence-electron chi connectivity index (χ2n) is 4.64. The van der Waals surface area contributed by atoms with Gasteiger partial charge in [-0.2, -0.15) is 0 Å². The highest BCUT2D eigenvalue weighted by Crippen LogP contribution is 2.32. The third-order valence-electron chi connectivity index (χ3n) is 3.35. The van der Waals surface area contributed by atoms with Crippen molar-refractivity contribution in [3.63, 3.8) is 0 Å². The maximum Gasteiger partial charge on any atom is 0.164 e. The van der Waals surface area contributed by atoms with Crippen LogP contribution in [-0.4, -0.2) is 33.4 Å². The molecule has 0 bridgehead atoms. The van der Waals surface area contributed by atoms with Gasteiger partial charge in [0.25, 0.3) is 0 Å². The molecule has 2 unspecified atom stereocenters. The molecule has 18 heavy (non-hydrogen) atoms. The quantitative estimate of drug-likeness (QED) is 0.889. The maximum atomic E-state index is 6.03. The van der Waals surface area contributed by atoms with Gasteiger partial charge in [0.15, 0.2) is 11.5 Å². The summed E-state index contributed by atoms with van der Waals surface area (Å²) in [6.45, 7) is 4.23. The van der Waals surface area contributed by atoms with Crippen molar-refractivity contribution in [2.24, 2.45) is 5.92 Å². The summed E-state index contributed by atoms with van der Waals surface area (Å²) >= 11 is 0. The van der Waals surface area contributed by atoms with Gasteiger partial charge in [-0.1, -0.05) is 6.92 Å². The largest absolute Gasteiger partial charge is 0.493 e. The van der Waals surface area contributed by atoms with Gasteiger partial charge in [-0.3, -0.25) is 0 Å². The Bertz CT molecular complexity index is 395. The number of ether oxygens (including phenoxy) is 3. The minimum absolute atomic E-state index is 0.268. The Morgan fingerprint density at radius 3 is 2.61 bits per heavy atom. The zero-order valence-corrected chi connectivity index (χ0v) is 11.2. The molecule has 100 valence electrons. The average molecular weight is 251 g/mol. The first kappa shape index (κ1) is 13.0. The first-order valence-electron chi connectivity index (χ1n) is 6.34. The van der Waals surface area contributed by atoms with Crippen LogP contribution >= 0.6 is 0 Å². The number of nitrogens with one attached hydrogen (secondary N) is 1. The molecule has 1 saturated heterocycles. The van der Waals surface area contributed by atoms with Crippen LogP contribution in [0, 0.1) is 5.92 Å². The lowest BCUT2D eigenvalue weighted by Crippen LogP contribution is -2.41. The smallest absolute Gasteiger partial charge is 0.164 e. The lowest BCUT2D eigenvalue weighted by Gasteiger charge is -2.30. The molecular weight excluding hydrogens is 230 g/mol. The van der Waals surface area contributed by atoms with E-state index in [1.54, 1.807) is 14.2 Å². The van der Waals surface area contributed by atoms with E-state index in [1.165, 1.54) is 0 Å². The molecule has 0 amide bonds. The van der Waals surface area contributed by atoms with Gasteiger partial charge in [0.2, 0.25) is 0 Å². The molecule has 0 radical (unpaired) electrons. The molecule has 0 saturated carbocycles. The fraction of sp³-hybridized carbons (Fsp3) is 0.571. The molecule has 1 fully saturated rings. The van der Waals surface area contributed by atoms with Gasteiger partial charge in [0.05, 0.1) is 14.2 Å². The molecule has 1 aliphatic rings. The molecule has 1 aromatic carbocycles. The molecule has 1 aliphatic heterocycles. The molecule has 0 spiro atoms. The van der Waals surface area contributed by atoms with Crippen LogP contribution in [0.4, 0.5) is 0 Å². The highest BCUT2D eigenvalue weighted by atomic mass is 16.5. The van der Waals surface area contributed by atoms with Crippen molar-refractivity contribution in [1.29, 1.82) is 0 Å². The van der Waals surface area contributed by atoms with Crippen molar-refractivity contribution in [3.8, 4) is 17.2 Å². The predicted molar refractivity (Wildman–Crippen MR) is 70.6 cm³/mol. The lowest BCUT2D eigenvalue weighted by molar-refractivity contribution is 0.111. The lowest BCUT2D eigenvalue weighted by atomic mass is 9.98. The van der Waals surface area contributed by atoms with E-state index in [4.69, 9.17) is 14.2 Å². The van der Waals surface area contributed by atoms with Crippen LogP contribution in [0.5, 0.6) is 17.2 Å². The summed E-state index contributed by atoms with van der Waals surface area (Å²) in [5, 5.41) is 3.37. The van der Waals surface area contributed by atoms with E-state index in [2.05, 4.69) is 12.2 Å². The minimum atomic E-state index is 0.268. The normalized spacial score (nSPS) is 23.5. The van der Waals surface area contributed by atoms with Crippen LogP contribution in [0.25, 0.3) is 0 Å². The van der Waals surface area contributed by atoms with Crippen LogP contribution < -0.4 is 19.5 Å². The summed E-state index contributed by atoms with van der Waals surface area (Å²) < 4.78 is 16.5. The molecule has 4 heteroatoms. The zero-order chi connectivity index (χ0) is 13.0. The number of methoxy groups -OCH3 is 2. The van der Waals surface area contributed by atoms with E-state index in [-0.39, 0.29) is 6.10 Å². The molecule has 1 heterocycles. The second kappa shape index (κ2) is 5.96. The molecule has 2 atom stereocenters. The van der Waals surface area contributed by atoms with Gasteiger partial charge in [-0.05, 0) is 25.1 Å². The Kier molecular flexibility index (Phi) is 4.31. The first-order valence-corrected chi connectivity index (χ1v) is 6.34. The van der Waals surface area contributed by atoms with E-state index in [0.717, 1.165) is 31.0 Å². The van der Waals surface area contributed by atoms with E-state index in [0.29, 0.717) is 11.7 Å². The molecular formula is C14H21NO3. The number of benzene rings is 1. The first-order chi connectivity index (χ1) is 8.74. The third-order valence-corrected chi connectivity index (χ3v) is 3.35. The predicted octanol–water partition coefficient (Wildman–Crippen LogP) is 2.08. The van der Waals surface area contributed by atoms with E-state index in [9.17, 15) is 0 Å². The Hall–Kier alpha value is -1.42. The second-order valence-corrected chi connectivity index (χ2v) is 4.64. The Balaban J connectivity index is 2.08. The highest BCUT2D eigenvalue weighted by molar-refractivity contribution is 5.45. The third kappa shape index (κ3) is 2.88. The Labute approximate surface area is 108 Å². The summed E-state index contributed by atoms with van der Waals surface area (Å²) in [5.74, 6) is 2.79. The Morgan fingerprint density at radius 2 is 1.94 bits per heavy atom. The Morgan fingerprint density at radius 1 is 1.17 bits per heavy atom. The van der Waals surface area contributed by atoms with Crippen LogP contribution in [0.2, 0.25) is 0 Å². The number of hydrogen-bond acceptors (Lipinski definition) is 4. The number of rotatable bonds is 4. The van der Waals surface area contributed by atoms with Gasteiger partial charge in [0.1, 0.15) is 11.9 Å². The van der Waals surface area contributed by atoms with Gasteiger partial charge in [-0.15, -0.1) is 0 Å². The summed E-state index contributed by atoms with van der Waals surface area (Å²) in [6.07, 6.45) is 1.31. The van der Waals surface area contributed by atoms with E-state index < -0.39 is 0 Å². The summed E-state index contributed by atoms with van der Waals surface area (Å²) in [5.41, 5.74) is 0. The van der Waals surface area contributed by atoms with Crippen LogP contribution in [-0.2, 0) is 0 Å². The molecule has 0 aromatic heterocycles. The monoisotopic (exact) mass is 251 g/mol. The number of piperidine rings is 1. The fourth-order valence-corrected chi connectivity index (χ4v) is 2.23. The highest BCUT2D eigenvalue weighted by Gasteiger charge is 2.22. The van der Waals surface area contributed by atoms with Crippen molar-refractivity contribution >= 4 is 0 Å². The number of hydrogen-bond donors (Lipinski definition) is 1. The molecule has 1 N–H and O–H groups in total. The van der Waals surface area contributed by atoms with Crippen molar-refractivity contribution in [2.75, 3.05) is 27.3 Å². The van der Waals surface area contributed by atoms with Gasteiger partial charge < -0.3 is 19.5 Å². The standard InChI is InChI=1S/C14H21NO3/c1-10-9-15-7-6-12(10)18-11-4-5-13(16-2)14(8-11)17-3/h4-5,8,10,12,15H,6-7,9H2,1-3H3. The van der Waals surface area contributed by atoms with Crippen LogP contribution in [0.15, 0.2) is 18.2 Å².